The lowest BCUT2D eigenvalue weighted by Crippen LogP contribution is -2.28. The summed E-state index contributed by atoms with van der Waals surface area (Å²) in [6.07, 6.45) is 2.33. The van der Waals surface area contributed by atoms with E-state index in [-0.39, 0.29) is 6.10 Å². The third-order valence-corrected chi connectivity index (χ3v) is 3.85. The Morgan fingerprint density at radius 1 is 1.33 bits per heavy atom. The molecule has 96 valence electrons. The molecule has 0 amide bonds. The molecule has 2 atom stereocenters. The minimum absolute atomic E-state index is 0.0902. The highest BCUT2D eigenvalue weighted by Gasteiger charge is 2.30. The standard InChI is InChI=1S/C15H19NO2/c1-10-14(12-6-2-3-7-13(12)18-10)15-11(9-16)5-4-8-17-15/h2-3,6-7,11,15H,4-5,8-9,16H2,1H3. The van der Waals surface area contributed by atoms with Crippen molar-refractivity contribution in [3.8, 4) is 0 Å². The topological polar surface area (TPSA) is 48.4 Å². The van der Waals surface area contributed by atoms with E-state index < -0.39 is 0 Å². The van der Waals surface area contributed by atoms with Gasteiger partial charge in [0.25, 0.3) is 0 Å². The van der Waals surface area contributed by atoms with Gasteiger partial charge in [0.15, 0.2) is 0 Å². The van der Waals surface area contributed by atoms with Crippen molar-refractivity contribution in [3.63, 3.8) is 0 Å². The van der Waals surface area contributed by atoms with Crippen molar-refractivity contribution in [3.05, 3.63) is 35.6 Å². The van der Waals surface area contributed by atoms with Gasteiger partial charge in [-0.2, -0.15) is 0 Å². The van der Waals surface area contributed by atoms with E-state index in [2.05, 4.69) is 6.07 Å². The highest BCUT2D eigenvalue weighted by Crippen LogP contribution is 2.39. The molecule has 0 aliphatic carbocycles. The van der Waals surface area contributed by atoms with Crippen LogP contribution in [-0.4, -0.2) is 13.2 Å². The molecule has 2 aromatic rings. The molecule has 2 N–H and O–H groups in total. The fraction of sp³-hybridized carbons (Fsp3) is 0.467. The molecule has 1 aromatic carbocycles. The first kappa shape index (κ1) is 11.8. The number of rotatable bonds is 2. The molecule has 0 radical (unpaired) electrons. The third-order valence-electron chi connectivity index (χ3n) is 3.85. The number of nitrogens with two attached hydrogens (primary N) is 1. The van der Waals surface area contributed by atoms with Gasteiger partial charge >= 0.3 is 0 Å². The van der Waals surface area contributed by atoms with E-state index in [1.165, 1.54) is 10.9 Å². The maximum atomic E-state index is 5.97. The molecule has 0 saturated carbocycles. The SMILES string of the molecule is Cc1oc2ccccc2c1C1OCCCC1CN. The van der Waals surface area contributed by atoms with Crippen LogP contribution >= 0.6 is 0 Å². The summed E-state index contributed by atoms with van der Waals surface area (Å²) in [7, 11) is 0. The summed E-state index contributed by atoms with van der Waals surface area (Å²) in [5, 5.41) is 1.17. The molecule has 1 saturated heterocycles. The minimum Gasteiger partial charge on any atom is -0.461 e. The number of fused-ring (bicyclic) bond motifs is 1. The second-order valence-corrected chi connectivity index (χ2v) is 5.00. The van der Waals surface area contributed by atoms with E-state index in [1.807, 2.05) is 25.1 Å². The molecular weight excluding hydrogens is 226 g/mol. The number of hydrogen-bond donors (Lipinski definition) is 1. The monoisotopic (exact) mass is 245 g/mol. The van der Waals surface area contributed by atoms with Gasteiger partial charge in [-0.25, -0.2) is 0 Å². The van der Waals surface area contributed by atoms with Crippen LogP contribution in [-0.2, 0) is 4.74 Å². The Balaban J connectivity index is 2.09. The second-order valence-electron chi connectivity index (χ2n) is 5.00. The fourth-order valence-corrected chi connectivity index (χ4v) is 2.95. The Morgan fingerprint density at radius 3 is 3.00 bits per heavy atom. The Bertz CT molecular complexity index is 546. The Morgan fingerprint density at radius 2 is 2.17 bits per heavy atom. The van der Waals surface area contributed by atoms with Gasteiger partial charge in [-0.1, -0.05) is 18.2 Å². The number of aryl methyl sites for hydroxylation is 1. The molecule has 1 fully saturated rings. The van der Waals surface area contributed by atoms with Gasteiger partial charge in [0.2, 0.25) is 0 Å². The van der Waals surface area contributed by atoms with Crippen LogP contribution in [0.25, 0.3) is 11.0 Å². The quantitative estimate of drug-likeness (QED) is 0.884. The molecular formula is C15H19NO2. The zero-order valence-corrected chi connectivity index (χ0v) is 10.7. The highest BCUT2D eigenvalue weighted by atomic mass is 16.5. The summed E-state index contributed by atoms with van der Waals surface area (Å²) in [4.78, 5) is 0. The zero-order valence-electron chi connectivity index (χ0n) is 10.7. The first-order valence-corrected chi connectivity index (χ1v) is 6.61. The van der Waals surface area contributed by atoms with Crippen LogP contribution in [0.1, 0.15) is 30.3 Å². The van der Waals surface area contributed by atoms with Crippen LogP contribution in [0.3, 0.4) is 0 Å². The number of furan rings is 1. The predicted molar refractivity (Wildman–Crippen MR) is 71.4 cm³/mol. The van der Waals surface area contributed by atoms with E-state index in [9.17, 15) is 0 Å². The summed E-state index contributed by atoms with van der Waals surface area (Å²) in [6, 6.07) is 8.15. The molecule has 3 nitrogen and oxygen atoms in total. The Labute approximate surface area is 107 Å². The molecule has 3 heteroatoms. The smallest absolute Gasteiger partial charge is 0.134 e. The predicted octanol–water partition coefficient (Wildman–Crippen LogP) is 3.17. The Kier molecular flexibility index (Phi) is 3.10. The first-order chi connectivity index (χ1) is 8.81. The minimum atomic E-state index is 0.0902. The van der Waals surface area contributed by atoms with Crippen LogP contribution in [0.2, 0.25) is 0 Å². The van der Waals surface area contributed by atoms with E-state index in [4.69, 9.17) is 14.9 Å². The van der Waals surface area contributed by atoms with Crippen LogP contribution < -0.4 is 5.73 Å². The zero-order chi connectivity index (χ0) is 12.5. The summed E-state index contributed by atoms with van der Waals surface area (Å²) < 4.78 is 11.8. The van der Waals surface area contributed by atoms with E-state index in [0.29, 0.717) is 12.5 Å². The van der Waals surface area contributed by atoms with Crippen molar-refractivity contribution in [1.29, 1.82) is 0 Å². The van der Waals surface area contributed by atoms with E-state index in [1.54, 1.807) is 0 Å². The van der Waals surface area contributed by atoms with E-state index >= 15 is 0 Å². The molecule has 1 aliphatic heterocycles. The van der Waals surface area contributed by atoms with Crippen molar-refractivity contribution in [1.82, 2.24) is 0 Å². The summed E-state index contributed by atoms with van der Waals surface area (Å²) in [6.45, 7) is 3.50. The molecule has 0 spiro atoms. The third kappa shape index (κ3) is 1.84. The highest BCUT2D eigenvalue weighted by molar-refractivity contribution is 5.82. The summed E-state index contributed by atoms with van der Waals surface area (Å²) in [5.41, 5.74) is 8.02. The van der Waals surface area contributed by atoms with E-state index in [0.717, 1.165) is 30.8 Å². The largest absolute Gasteiger partial charge is 0.461 e. The van der Waals surface area contributed by atoms with Crippen LogP contribution in [0.15, 0.2) is 28.7 Å². The molecule has 18 heavy (non-hydrogen) atoms. The fourth-order valence-electron chi connectivity index (χ4n) is 2.95. The molecule has 2 unspecified atom stereocenters. The maximum absolute atomic E-state index is 5.97. The number of hydrogen-bond acceptors (Lipinski definition) is 3. The van der Waals surface area contributed by atoms with Gasteiger partial charge in [0, 0.05) is 23.5 Å². The van der Waals surface area contributed by atoms with Gasteiger partial charge in [0.1, 0.15) is 11.3 Å². The lowest BCUT2D eigenvalue weighted by molar-refractivity contribution is -0.0251. The number of benzene rings is 1. The van der Waals surface area contributed by atoms with Crippen molar-refractivity contribution in [2.75, 3.05) is 13.2 Å². The van der Waals surface area contributed by atoms with Crippen molar-refractivity contribution in [2.24, 2.45) is 11.7 Å². The second kappa shape index (κ2) is 4.75. The lowest BCUT2D eigenvalue weighted by atomic mass is 9.88. The maximum Gasteiger partial charge on any atom is 0.134 e. The van der Waals surface area contributed by atoms with Gasteiger partial charge in [-0.05, 0) is 32.4 Å². The van der Waals surface area contributed by atoms with Crippen LogP contribution in [0.5, 0.6) is 0 Å². The Hall–Kier alpha value is -1.32. The molecule has 0 bridgehead atoms. The van der Waals surface area contributed by atoms with Crippen molar-refractivity contribution in [2.45, 2.75) is 25.9 Å². The first-order valence-electron chi connectivity index (χ1n) is 6.61. The van der Waals surface area contributed by atoms with Gasteiger partial charge in [-0.15, -0.1) is 0 Å². The van der Waals surface area contributed by atoms with Crippen LogP contribution in [0.4, 0.5) is 0 Å². The number of ether oxygens (including phenoxy) is 1. The lowest BCUT2D eigenvalue weighted by Gasteiger charge is -2.31. The van der Waals surface area contributed by atoms with Gasteiger partial charge < -0.3 is 14.9 Å². The van der Waals surface area contributed by atoms with Gasteiger partial charge in [-0.3, -0.25) is 0 Å². The van der Waals surface area contributed by atoms with Crippen molar-refractivity contribution < 1.29 is 9.15 Å². The molecule has 2 heterocycles. The summed E-state index contributed by atoms with van der Waals surface area (Å²) >= 11 is 0. The average molecular weight is 245 g/mol. The number of para-hydroxylation sites is 1. The molecule has 1 aromatic heterocycles. The van der Waals surface area contributed by atoms with Crippen LogP contribution in [0, 0.1) is 12.8 Å². The van der Waals surface area contributed by atoms with Gasteiger partial charge in [0.05, 0.1) is 6.10 Å². The molecule has 1 aliphatic rings. The average Bonchev–Trinajstić information content (AvgIpc) is 2.74. The molecule has 3 rings (SSSR count). The summed E-state index contributed by atoms with van der Waals surface area (Å²) in [5.74, 6) is 1.36. The normalized spacial score (nSPS) is 24.6. The van der Waals surface area contributed by atoms with Crippen molar-refractivity contribution >= 4 is 11.0 Å².